The number of anilines is 1. The fraction of sp³-hybridized carbons (Fsp3) is 0.500. The molecule has 3 N–H and O–H groups in total. The van der Waals surface area contributed by atoms with Crippen molar-refractivity contribution in [3.05, 3.63) is 29.8 Å². The summed E-state index contributed by atoms with van der Waals surface area (Å²) >= 11 is 4.93. The first-order valence-electron chi connectivity index (χ1n) is 6.28. The number of hydrogen-bond donors (Lipinski definition) is 2. The van der Waals surface area contributed by atoms with Crippen LogP contribution >= 0.6 is 12.2 Å². The van der Waals surface area contributed by atoms with E-state index in [1.165, 1.54) is 12.8 Å². The van der Waals surface area contributed by atoms with Crippen molar-refractivity contribution in [1.82, 2.24) is 0 Å². The average Bonchev–Trinajstić information content (AvgIpc) is 3.15. The van der Waals surface area contributed by atoms with Gasteiger partial charge in [0.1, 0.15) is 4.99 Å². The molecule has 98 valence electrons. The number of ether oxygens (including phenoxy) is 1. The number of rotatable bonds is 7. The molecule has 3 nitrogen and oxygen atoms in total. The van der Waals surface area contributed by atoms with E-state index in [0.717, 1.165) is 30.8 Å². The second kappa shape index (κ2) is 5.67. The van der Waals surface area contributed by atoms with Crippen LogP contribution in [0.1, 0.15) is 24.8 Å². The van der Waals surface area contributed by atoms with E-state index in [0.29, 0.717) is 10.4 Å². The van der Waals surface area contributed by atoms with Crippen LogP contribution < -0.4 is 11.1 Å². The van der Waals surface area contributed by atoms with Crippen LogP contribution in [0.3, 0.4) is 0 Å². The van der Waals surface area contributed by atoms with Crippen LogP contribution in [0.2, 0.25) is 0 Å². The quantitative estimate of drug-likeness (QED) is 0.743. The van der Waals surface area contributed by atoms with Crippen LogP contribution in [-0.2, 0) is 4.74 Å². The van der Waals surface area contributed by atoms with Crippen LogP contribution in [-0.4, -0.2) is 25.2 Å². The van der Waals surface area contributed by atoms with Crippen LogP contribution in [0.5, 0.6) is 0 Å². The molecule has 0 spiro atoms. The highest BCUT2D eigenvalue weighted by Crippen LogP contribution is 2.48. The fourth-order valence-corrected chi connectivity index (χ4v) is 2.19. The Hall–Kier alpha value is -1.13. The van der Waals surface area contributed by atoms with Gasteiger partial charge in [0.15, 0.2) is 0 Å². The molecule has 1 aromatic rings. The SMILES string of the molecule is COCCC1(CNc2ccc(C(N)=S)cc2)CC1. The molecule has 1 saturated carbocycles. The summed E-state index contributed by atoms with van der Waals surface area (Å²) in [6.07, 6.45) is 3.74. The molecule has 0 unspecified atom stereocenters. The Morgan fingerprint density at radius 2 is 2.06 bits per heavy atom. The standard InChI is InChI=1S/C14H20N2OS/c1-17-9-8-14(6-7-14)10-16-12-4-2-11(3-5-12)13(15)18/h2-5,16H,6-10H2,1H3,(H2,15,18). The van der Waals surface area contributed by atoms with Gasteiger partial charge in [-0.15, -0.1) is 0 Å². The monoisotopic (exact) mass is 264 g/mol. The molecular weight excluding hydrogens is 244 g/mol. The number of benzene rings is 1. The van der Waals surface area contributed by atoms with Crippen molar-refractivity contribution in [2.75, 3.05) is 25.6 Å². The first kappa shape index (κ1) is 13.3. The lowest BCUT2D eigenvalue weighted by Gasteiger charge is -2.16. The topological polar surface area (TPSA) is 47.3 Å². The highest BCUT2D eigenvalue weighted by Gasteiger charge is 2.41. The van der Waals surface area contributed by atoms with E-state index in [-0.39, 0.29) is 0 Å². The first-order valence-corrected chi connectivity index (χ1v) is 6.69. The molecule has 1 aliphatic rings. The molecule has 0 radical (unpaired) electrons. The Kier molecular flexibility index (Phi) is 4.19. The van der Waals surface area contributed by atoms with Crippen molar-refractivity contribution in [3.63, 3.8) is 0 Å². The van der Waals surface area contributed by atoms with Gasteiger partial charge in [-0.3, -0.25) is 0 Å². The van der Waals surface area contributed by atoms with Gasteiger partial charge in [-0.1, -0.05) is 12.2 Å². The Bertz CT molecular complexity index is 412. The maximum absolute atomic E-state index is 5.57. The Balaban J connectivity index is 1.85. The van der Waals surface area contributed by atoms with Gasteiger partial charge in [0.25, 0.3) is 0 Å². The summed E-state index contributed by atoms with van der Waals surface area (Å²) in [6.45, 7) is 1.87. The summed E-state index contributed by atoms with van der Waals surface area (Å²) < 4.78 is 5.16. The van der Waals surface area contributed by atoms with Gasteiger partial charge in [-0.05, 0) is 48.9 Å². The predicted molar refractivity (Wildman–Crippen MR) is 79.0 cm³/mol. The van der Waals surface area contributed by atoms with Crippen molar-refractivity contribution in [2.45, 2.75) is 19.3 Å². The maximum atomic E-state index is 5.57. The van der Waals surface area contributed by atoms with E-state index >= 15 is 0 Å². The Morgan fingerprint density at radius 3 is 2.56 bits per heavy atom. The molecular formula is C14H20N2OS. The molecule has 0 aromatic heterocycles. The summed E-state index contributed by atoms with van der Waals surface area (Å²) in [6, 6.07) is 7.97. The number of methoxy groups -OCH3 is 1. The smallest absolute Gasteiger partial charge is 0.103 e. The summed E-state index contributed by atoms with van der Waals surface area (Å²) in [4.78, 5) is 0.445. The highest BCUT2D eigenvalue weighted by atomic mass is 32.1. The molecule has 0 heterocycles. The first-order chi connectivity index (χ1) is 8.65. The Morgan fingerprint density at radius 1 is 1.39 bits per heavy atom. The number of nitrogens with one attached hydrogen (secondary N) is 1. The van der Waals surface area contributed by atoms with Gasteiger partial charge in [0, 0.05) is 31.5 Å². The lowest BCUT2D eigenvalue weighted by molar-refractivity contribution is 0.175. The number of thiocarbonyl (C=S) groups is 1. The van der Waals surface area contributed by atoms with Gasteiger partial charge in [-0.25, -0.2) is 0 Å². The zero-order valence-corrected chi connectivity index (χ0v) is 11.6. The molecule has 0 saturated heterocycles. The van der Waals surface area contributed by atoms with Crippen molar-refractivity contribution in [1.29, 1.82) is 0 Å². The van der Waals surface area contributed by atoms with Gasteiger partial charge in [-0.2, -0.15) is 0 Å². The Labute approximate surface area is 114 Å². The van der Waals surface area contributed by atoms with Gasteiger partial charge >= 0.3 is 0 Å². The number of hydrogen-bond acceptors (Lipinski definition) is 3. The summed E-state index contributed by atoms with van der Waals surface area (Å²) in [5.74, 6) is 0. The zero-order valence-electron chi connectivity index (χ0n) is 10.7. The molecule has 0 aliphatic heterocycles. The van der Waals surface area contributed by atoms with Crippen molar-refractivity contribution in [2.24, 2.45) is 11.1 Å². The molecule has 0 atom stereocenters. The van der Waals surface area contributed by atoms with Crippen molar-refractivity contribution >= 4 is 22.9 Å². The maximum Gasteiger partial charge on any atom is 0.103 e. The third-order valence-corrected chi connectivity index (χ3v) is 3.87. The van der Waals surface area contributed by atoms with E-state index < -0.39 is 0 Å². The fourth-order valence-electron chi connectivity index (χ4n) is 2.05. The largest absolute Gasteiger partial charge is 0.389 e. The molecule has 1 fully saturated rings. The van der Waals surface area contributed by atoms with Gasteiger partial charge in [0.05, 0.1) is 0 Å². The van der Waals surface area contributed by atoms with E-state index in [9.17, 15) is 0 Å². The van der Waals surface area contributed by atoms with Crippen LogP contribution in [0.15, 0.2) is 24.3 Å². The second-order valence-corrected chi connectivity index (χ2v) is 5.48. The highest BCUT2D eigenvalue weighted by molar-refractivity contribution is 7.80. The van der Waals surface area contributed by atoms with Crippen LogP contribution in [0, 0.1) is 5.41 Å². The predicted octanol–water partition coefficient (Wildman–Crippen LogP) is 2.55. The third-order valence-electron chi connectivity index (χ3n) is 3.63. The number of nitrogens with two attached hydrogens (primary N) is 1. The van der Waals surface area contributed by atoms with Crippen LogP contribution in [0.4, 0.5) is 5.69 Å². The van der Waals surface area contributed by atoms with Crippen molar-refractivity contribution in [3.8, 4) is 0 Å². The third kappa shape index (κ3) is 3.43. The normalized spacial score (nSPS) is 16.3. The minimum absolute atomic E-state index is 0.445. The molecule has 18 heavy (non-hydrogen) atoms. The average molecular weight is 264 g/mol. The van der Waals surface area contributed by atoms with E-state index in [2.05, 4.69) is 5.32 Å². The molecule has 1 aromatic carbocycles. The second-order valence-electron chi connectivity index (χ2n) is 5.04. The van der Waals surface area contributed by atoms with E-state index in [1.807, 2.05) is 24.3 Å². The summed E-state index contributed by atoms with van der Waals surface area (Å²) in [7, 11) is 1.76. The minimum atomic E-state index is 0.445. The molecule has 0 amide bonds. The molecule has 4 heteroatoms. The molecule has 2 rings (SSSR count). The van der Waals surface area contributed by atoms with Crippen molar-refractivity contribution < 1.29 is 4.74 Å². The minimum Gasteiger partial charge on any atom is -0.389 e. The summed E-state index contributed by atoms with van der Waals surface area (Å²) in [5, 5.41) is 3.48. The van der Waals surface area contributed by atoms with Crippen LogP contribution in [0.25, 0.3) is 0 Å². The van der Waals surface area contributed by atoms with E-state index in [4.69, 9.17) is 22.7 Å². The molecule has 1 aliphatic carbocycles. The zero-order chi connectivity index (χ0) is 13.0. The molecule has 0 bridgehead atoms. The lowest BCUT2D eigenvalue weighted by Crippen LogP contribution is -2.17. The summed E-state index contributed by atoms with van der Waals surface area (Å²) in [5.41, 5.74) is 8.06. The van der Waals surface area contributed by atoms with E-state index in [1.54, 1.807) is 7.11 Å². The van der Waals surface area contributed by atoms with Gasteiger partial charge in [0.2, 0.25) is 0 Å². The lowest BCUT2D eigenvalue weighted by atomic mass is 10.0. The van der Waals surface area contributed by atoms with Gasteiger partial charge < -0.3 is 15.8 Å².